The number of nitrogens with one attached hydrogen (secondary N) is 1. The van der Waals surface area contributed by atoms with Crippen molar-refractivity contribution in [2.75, 3.05) is 5.32 Å². The third-order valence-corrected chi connectivity index (χ3v) is 2.83. The first-order valence-electron chi connectivity index (χ1n) is 4.84. The maximum absolute atomic E-state index is 13.5. The number of amides is 1. The Hall–Kier alpha value is -2.01. The number of anilines is 1. The highest BCUT2D eigenvalue weighted by atomic mass is 32.1. The number of hydrogen-bond donors (Lipinski definition) is 1. The van der Waals surface area contributed by atoms with Crippen molar-refractivity contribution in [1.82, 2.24) is 4.98 Å². The molecule has 0 saturated heterocycles. The minimum absolute atomic E-state index is 0.334. The molecule has 1 N–H and O–H groups in total. The molecule has 3 nitrogen and oxygen atoms in total. The van der Waals surface area contributed by atoms with E-state index in [2.05, 4.69) is 16.9 Å². The number of aromatic nitrogens is 1. The molecule has 0 radical (unpaired) electrons. The SMILES string of the molecule is C=CC(=O)Nc1nc(-c2ccccc2F)cs1. The van der Waals surface area contributed by atoms with Crippen LogP contribution < -0.4 is 5.32 Å². The summed E-state index contributed by atoms with van der Waals surface area (Å²) < 4.78 is 13.5. The van der Waals surface area contributed by atoms with Crippen molar-refractivity contribution in [3.05, 3.63) is 48.1 Å². The van der Waals surface area contributed by atoms with Crippen LogP contribution in [0.15, 0.2) is 42.3 Å². The number of rotatable bonds is 3. The van der Waals surface area contributed by atoms with Crippen molar-refractivity contribution >= 4 is 22.4 Å². The van der Waals surface area contributed by atoms with Crippen molar-refractivity contribution in [2.45, 2.75) is 0 Å². The summed E-state index contributed by atoms with van der Waals surface area (Å²) in [5, 5.41) is 4.64. The Morgan fingerprint density at radius 3 is 2.94 bits per heavy atom. The molecule has 0 fully saturated rings. The predicted molar refractivity (Wildman–Crippen MR) is 66.3 cm³/mol. The Morgan fingerprint density at radius 1 is 1.47 bits per heavy atom. The van der Waals surface area contributed by atoms with Gasteiger partial charge in [-0.15, -0.1) is 11.3 Å². The fraction of sp³-hybridized carbons (Fsp3) is 0. The quantitative estimate of drug-likeness (QED) is 0.848. The Kier molecular flexibility index (Phi) is 3.30. The molecule has 5 heteroatoms. The lowest BCUT2D eigenvalue weighted by Crippen LogP contribution is -2.06. The Bertz CT molecular complexity index is 565. The van der Waals surface area contributed by atoms with Crippen LogP contribution >= 0.6 is 11.3 Å². The second-order valence-corrected chi connectivity index (χ2v) is 4.07. The molecule has 0 saturated carbocycles. The van der Waals surface area contributed by atoms with Gasteiger partial charge < -0.3 is 0 Å². The van der Waals surface area contributed by atoms with E-state index >= 15 is 0 Å². The largest absolute Gasteiger partial charge is 0.298 e. The van der Waals surface area contributed by atoms with Gasteiger partial charge >= 0.3 is 0 Å². The molecular weight excluding hydrogens is 239 g/mol. The second-order valence-electron chi connectivity index (χ2n) is 3.21. The topological polar surface area (TPSA) is 42.0 Å². The van der Waals surface area contributed by atoms with Crippen LogP contribution in [-0.2, 0) is 4.79 Å². The fourth-order valence-corrected chi connectivity index (χ4v) is 1.99. The third kappa shape index (κ3) is 2.57. The summed E-state index contributed by atoms with van der Waals surface area (Å²) in [6.45, 7) is 3.34. The highest BCUT2D eigenvalue weighted by Crippen LogP contribution is 2.26. The lowest BCUT2D eigenvalue weighted by molar-refractivity contribution is -0.111. The molecule has 2 rings (SSSR count). The molecule has 0 aliphatic rings. The summed E-state index contributed by atoms with van der Waals surface area (Å²) in [4.78, 5) is 15.2. The van der Waals surface area contributed by atoms with Crippen molar-refractivity contribution in [2.24, 2.45) is 0 Å². The average molecular weight is 248 g/mol. The number of nitrogens with zero attached hydrogens (tertiary/aromatic N) is 1. The van der Waals surface area contributed by atoms with Gasteiger partial charge in [-0.25, -0.2) is 9.37 Å². The van der Waals surface area contributed by atoms with Gasteiger partial charge in [-0.3, -0.25) is 10.1 Å². The zero-order valence-corrected chi connectivity index (χ0v) is 9.63. The van der Waals surface area contributed by atoms with Gasteiger partial charge in [0, 0.05) is 10.9 Å². The van der Waals surface area contributed by atoms with E-state index in [1.165, 1.54) is 17.4 Å². The van der Waals surface area contributed by atoms with Crippen LogP contribution in [0, 0.1) is 5.82 Å². The van der Waals surface area contributed by atoms with Gasteiger partial charge in [-0.2, -0.15) is 0 Å². The average Bonchev–Trinajstić information content (AvgIpc) is 2.78. The highest BCUT2D eigenvalue weighted by molar-refractivity contribution is 7.14. The number of halogens is 1. The number of hydrogen-bond acceptors (Lipinski definition) is 3. The van der Waals surface area contributed by atoms with Crippen LogP contribution in [0.3, 0.4) is 0 Å². The molecule has 0 bridgehead atoms. The normalized spacial score (nSPS) is 9.94. The van der Waals surface area contributed by atoms with Crippen molar-refractivity contribution in [3.8, 4) is 11.3 Å². The van der Waals surface area contributed by atoms with E-state index in [9.17, 15) is 9.18 Å². The Balaban J connectivity index is 2.27. The molecule has 0 aliphatic heterocycles. The van der Waals surface area contributed by atoms with E-state index in [0.717, 1.165) is 6.08 Å². The standard InChI is InChI=1S/C12H9FN2OS/c1-2-11(16)15-12-14-10(7-17-12)8-5-3-4-6-9(8)13/h2-7H,1H2,(H,14,15,16). The summed E-state index contributed by atoms with van der Waals surface area (Å²) in [6.07, 6.45) is 1.16. The first kappa shape index (κ1) is 11.5. The summed E-state index contributed by atoms with van der Waals surface area (Å²) in [7, 11) is 0. The smallest absolute Gasteiger partial charge is 0.249 e. The van der Waals surface area contributed by atoms with Crippen molar-refractivity contribution in [1.29, 1.82) is 0 Å². The van der Waals surface area contributed by atoms with Crippen molar-refractivity contribution in [3.63, 3.8) is 0 Å². The first-order chi connectivity index (χ1) is 8.20. The minimum atomic E-state index is -0.334. The first-order valence-corrected chi connectivity index (χ1v) is 5.72. The number of carbonyl (C=O) groups is 1. The molecule has 1 amide bonds. The molecule has 86 valence electrons. The summed E-state index contributed by atoms with van der Waals surface area (Å²) in [5.74, 6) is -0.668. The van der Waals surface area contributed by atoms with Gasteiger partial charge in [-0.1, -0.05) is 18.7 Å². The van der Waals surface area contributed by atoms with Crippen LogP contribution in [0.4, 0.5) is 9.52 Å². The molecule has 0 unspecified atom stereocenters. The van der Waals surface area contributed by atoms with E-state index in [1.54, 1.807) is 23.6 Å². The van der Waals surface area contributed by atoms with Gasteiger partial charge in [-0.05, 0) is 18.2 Å². The number of benzene rings is 1. The molecule has 0 aliphatic carbocycles. The summed E-state index contributed by atoms with van der Waals surface area (Å²) >= 11 is 1.24. The minimum Gasteiger partial charge on any atom is -0.298 e. The van der Waals surface area contributed by atoms with Gasteiger partial charge in [0.15, 0.2) is 5.13 Å². The number of carbonyl (C=O) groups excluding carboxylic acids is 1. The van der Waals surface area contributed by atoms with Crippen LogP contribution in [0.2, 0.25) is 0 Å². The van der Waals surface area contributed by atoms with E-state index in [0.29, 0.717) is 16.4 Å². The predicted octanol–water partition coefficient (Wildman–Crippen LogP) is 3.07. The zero-order valence-electron chi connectivity index (χ0n) is 8.81. The van der Waals surface area contributed by atoms with Crippen molar-refractivity contribution < 1.29 is 9.18 Å². The van der Waals surface area contributed by atoms with Gasteiger partial charge in [0.2, 0.25) is 5.91 Å². The maximum Gasteiger partial charge on any atom is 0.249 e. The van der Waals surface area contributed by atoms with E-state index in [-0.39, 0.29) is 11.7 Å². The molecule has 1 heterocycles. The van der Waals surface area contributed by atoms with Crippen LogP contribution in [0.5, 0.6) is 0 Å². The molecule has 1 aromatic carbocycles. The summed E-state index contributed by atoms with van der Waals surface area (Å²) in [5.41, 5.74) is 0.926. The lowest BCUT2D eigenvalue weighted by atomic mass is 10.2. The van der Waals surface area contributed by atoms with E-state index < -0.39 is 0 Å². The summed E-state index contributed by atoms with van der Waals surface area (Å²) in [6, 6.07) is 6.37. The van der Waals surface area contributed by atoms with Gasteiger partial charge in [0.05, 0.1) is 5.69 Å². The molecule has 17 heavy (non-hydrogen) atoms. The second kappa shape index (κ2) is 4.88. The van der Waals surface area contributed by atoms with E-state index in [1.807, 2.05) is 0 Å². The van der Waals surface area contributed by atoms with Crippen LogP contribution in [0.1, 0.15) is 0 Å². The fourth-order valence-electron chi connectivity index (χ4n) is 1.28. The lowest BCUT2D eigenvalue weighted by Gasteiger charge is -1.98. The molecular formula is C12H9FN2OS. The molecule has 0 atom stereocenters. The van der Waals surface area contributed by atoms with Gasteiger partial charge in [0.1, 0.15) is 5.82 Å². The molecule has 0 spiro atoms. The van der Waals surface area contributed by atoms with Gasteiger partial charge in [0.25, 0.3) is 0 Å². The maximum atomic E-state index is 13.5. The third-order valence-electron chi connectivity index (χ3n) is 2.07. The van der Waals surface area contributed by atoms with Crippen LogP contribution in [0.25, 0.3) is 11.3 Å². The van der Waals surface area contributed by atoms with E-state index in [4.69, 9.17) is 0 Å². The number of thiazole rings is 1. The van der Waals surface area contributed by atoms with Crippen LogP contribution in [-0.4, -0.2) is 10.9 Å². The highest BCUT2D eigenvalue weighted by Gasteiger charge is 2.09. The Morgan fingerprint density at radius 2 is 2.24 bits per heavy atom. The molecule has 2 aromatic rings. The zero-order chi connectivity index (χ0) is 12.3. The Labute approximate surface area is 102 Å². The monoisotopic (exact) mass is 248 g/mol. The molecule has 1 aromatic heterocycles.